The monoisotopic (exact) mass is 421 g/mol. The predicted octanol–water partition coefficient (Wildman–Crippen LogP) is 6.09. The number of nitrogens with zero attached hydrogens (tertiary/aromatic N) is 3. The fourth-order valence-electron chi connectivity index (χ4n) is 2.76. The quantitative estimate of drug-likeness (QED) is 0.432. The van der Waals surface area contributed by atoms with Crippen LogP contribution in [0.1, 0.15) is 29.4 Å². The SMILES string of the molecule is CCn1c(COc2cc(C)c(Cl)c(C)c2)nnc1SCc1cccc(Cl)c1. The lowest BCUT2D eigenvalue weighted by Crippen LogP contribution is -2.07. The lowest BCUT2D eigenvalue weighted by molar-refractivity contribution is 0.288. The van der Waals surface area contributed by atoms with E-state index in [1.165, 1.54) is 0 Å². The molecule has 3 rings (SSSR count). The second-order valence-corrected chi connectivity index (χ2v) is 7.98. The van der Waals surface area contributed by atoms with Gasteiger partial charge in [-0.1, -0.05) is 47.1 Å². The van der Waals surface area contributed by atoms with E-state index in [0.29, 0.717) is 6.61 Å². The Morgan fingerprint density at radius 2 is 1.81 bits per heavy atom. The third-order valence-corrected chi connectivity index (χ3v) is 6.01. The van der Waals surface area contributed by atoms with E-state index in [2.05, 4.69) is 27.8 Å². The molecule has 0 bridgehead atoms. The first-order valence-electron chi connectivity index (χ1n) is 8.66. The summed E-state index contributed by atoms with van der Waals surface area (Å²) in [6.07, 6.45) is 0. The molecule has 0 N–H and O–H groups in total. The zero-order chi connectivity index (χ0) is 19.4. The van der Waals surface area contributed by atoms with Crippen LogP contribution < -0.4 is 4.74 Å². The molecule has 3 aromatic rings. The Balaban J connectivity index is 1.68. The average molecular weight is 422 g/mol. The molecule has 142 valence electrons. The van der Waals surface area contributed by atoms with Gasteiger partial charge in [-0.05, 0) is 61.7 Å². The number of thioether (sulfide) groups is 1. The molecule has 0 saturated heterocycles. The van der Waals surface area contributed by atoms with Gasteiger partial charge in [0.15, 0.2) is 11.0 Å². The van der Waals surface area contributed by atoms with Crippen LogP contribution >= 0.6 is 35.0 Å². The third kappa shape index (κ3) is 4.98. The first kappa shape index (κ1) is 20.1. The summed E-state index contributed by atoms with van der Waals surface area (Å²) >= 11 is 13.9. The van der Waals surface area contributed by atoms with E-state index in [4.69, 9.17) is 27.9 Å². The lowest BCUT2D eigenvalue weighted by atomic mass is 10.1. The van der Waals surface area contributed by atoms with Crippen molar-refractivity contribution in [2.45, 2.75) is 44.8 Å². The highest BCUT2D eigenvalue weighted by atomic mass is 35.5. The predicted molar refractivity (Wildman–Crippen MR) is 112 cm³/mol. The van der Waals surface area contributed by atoms with Crippen molar-refractivity contribution < 1.29 is 4.74 Å². The van der Waals surface area contributed by atoms with E-state index in [1.54, 1.807) is 11.8 Å². The molecule has 1 aromatic heterocycles. The molecule has 0 aliphatic carbocycles. The van der Waals surface area contributed by atoms with Gasteiger partial charge >= 0.3 is 0 Å². The Hall–Kier alpha value is -1.69. The average Bonchev–Trinajstić information content (AvgIpc) is 3.04. The Morgan fingerprint density at radius 3 is 2.48 bits per heavy atom. The second kappa shape index (κ2) is 9.00. The van der Waals surface area contributed by atoms with Crippen molar-refractivity contribution in [3.63, 3.8) is 0 Å². The van der Waals surface area contributed by atoms with Crippen molar-refractivity contribution >= 4 is 35.0 Å². The largest absolute Gasteiger partial charge is 0.486 e. The van der Waals surface area contributed by atoms with Crippen molar-refractivity contribution in [2.75, 3.05) is 0 Å². The zero-order valence-corrected chi connectivity index (χ0v) is 17.8. The van der Waals surface area contributed by atoms with Crippen LogP contribution in [-0.2, 0) is 18.9 Å². The van der Waals surface area contributed by atoms with Crippen LogP contribution in [0.2, 0.25) is 10.0 Å². The van der Waals surface area contributed by atoms with Gasteiger partial charge in [0.25, 0.3) is 0 Å². The van der Waals surface area contributed by atoms with E-state index in [-0.39, 0.29) is 0 Å². The summed E-state index contributed by atoms with van der Waals surface area (Å²) in [6, 6.07) is 11.7. The molecule has 0 unspecified atom stereocenters. The normalized spacial score (nSPS) is 11.0. The zero-order valence-electron chi connectivity index (χ0n) is 15.5. The molecule has 0 atom stereocenters. The van der Waals surface area contributed by atoms with Crippen molar-refractivity contribution in [1.82, 2.24) is 14.8 Å². The van der Waals surface area contributed by atoms with Crippen molar-refractivity contribution in [3.05, 3.63) is 69.0 Å². The van der Waals surface area contributed by atoms with Gasteiger partial charge in [0.2, 0.25) is 0 Å². The number of aryl methyl sites for hydroxylation is 2. The molecule has 7 heteroatoms. The maximum absolute atomic E-state index is 6.22. The molecule has 0 amide bonds. The second-order valence-electron chi connectivity index (χ2n) is 6.22. The van der Waals surface area contributed by atoms with Crippen molar-refractivity contribution in [1.29, 1.82) is 0 Å². The highest BCUT2D eigenvalue weighted by molar-refractivity contribution is 7.98. The van der Waals surface area contributed by atoms with Gasteiger partial charge < -0.3 is 9.30 Å². The van der Waals surface area contributed by atoms with Gasteiger partial charge in [0.1, 0.15) is 12.4 Å². The van der Waals surface area contributed by atoms with E-state index in [9.17, 15) is 0 Å². The molecule has 0 radical (unpaired) electrons. The van der Waals surface area contributed by atoms with Gasteiger partial charge in [-0.3, -0.25) is 0 Å². The summed E-state index contributed by atoms with van der Waals surface area (Å²) in [7, 11) is 0. The Labute approximate surface area is 173 Å². The fraction of sp³-hybridized carbons (Fsp3) is 0.300. The van der Waals surface area contributed by atoms with Crippen LogP contribution in [0.25, 0.3) is 0 Å². The number of aromatic nitrogens is 3. The number of ether oxygens (including phenoxy) is 1. The summed E-state index contributed by atoms with van der Waals surface area (Å²) in [5, 5.41) is 11.0. The summed E-state index contributed by atoms with van der Waals surface area (Å²) in [4.78, 5) is 0. The Bertz CT molecular complexity index is 920. The molecule has 2 aromatic carbocycles. The van der Waals surface area contributed by atoms with E-state index in [1.807, 2.05) is 44.2 Å². The standard InChI is InChI=1S/C20H21Cl2N3OS/c1-4-25-18(11-26-17-8-13(2)19(22)14(3)9-17)23-24-20(25)27-12-15-6-5-7-16(21)10-15/h5-10H,4,11-12H2,1-3H3. The molecular weight excluding hydrogens is 401 g/mol. The number of halogens is 2. The first-order valence-corrected chi connectivity index (χ1v) is 10.4. The molecular formula is C20H21Cl2N3OS. The Morgan fingerprint density at radius 1 is 1.07 bits per heavy atom. The number of rotatable bonds is 7. The van der Waals surface area contributed by atoms with Gasteiger partial charge in [-0.25, -0.2) is 0 Å². The van der Waals surface area contributed by atoms with Gasteiger partial charge in [0.05, 0.1) is 0 Å². The molecule has 0 aliphatic heterocycles. The molecule has 1 heterocycles. The molecule has 0 saturated carbocycles. The minimum atomic E-state index is 0.360. The molecule has 0 aliphatic rings. The van der Waals surface area contributed by atoms with Crippen LogP contribution in [0, 0.1) is 13.8 Å². The first-order chi connectivity index (χ1) is 13.0. The highest BCUT2D eigenvalue weighted by Crippen LogP contribution is 2.27. The minimum Gasteiger partial charge on any atom is -0.486 e. The number of benzene rings is 2. The maximum atomic E-state index is 6.22. The van der Waals surface area contributed by atoms with Crippen LogP contribution in [0.4, 0.5) is 0 Å². The highest BCUT2D eigenvalue weighted by Gasteiger charge is 2.13. The molecule has 4 nitrogen and oxygen atoms in total. The number of hydrogen-bond donors (Lipinski definition) is 0. The maximum Gasteiger partial charge on any atom is 0.191 e. The Kier molecular flexibility index (Phi) is 6.68. The van der Waals surface area contributed by atoms with E-state index in [0.717, 1.165) is 55.8 Å². The van der Waals surface area contributed by atoms with Gasteiger partial charge in [0, 0.05) is 22.3 Å². The van der Waals surface area contributed by atoms with Crippen molar-refractivity contribution in [2.24, 2.45) is 0 Å². The van der Waals surface area contributed by atoms with E-state index < -0.39 is 0 Å². The van der Waals surface area contributed by atoms with Crippen LogP contribution in [0.15, 0.2) is 41.6 Å². The van der Waals surface area contributed by atoms with Crippen LogP contribution in [0.3, 0.4) is 0 Å². The summed E-state index contributed by atoms with van der Waals surface area (Å²) in [5.74, 6) is 2.37. The van der Waals surface area contributed by atoms with Gasteiger partial charge in [-0.15, -0.1) is 10.2 Å². The minimum absolute atomic E-state index is 0.360. The topological polar surface area (TPSA) is 39.9 Å². The summed E-state index contributed by atoms with van der Waals surface area (Å²) in [6.45, 7) is 7.16. The van der Waals surface area contributed by atoms with E-state index >= 15 is 0 Å². The van der Waals surface area contributed by atoms with Crippen molar-refractivity contribution in [3.8, 4) is 5.75 Å². The number of hydrogen-bond acceptors (Lipinski definition) is 4. The summed E-state index contributed by atoms with van der Waals surface area (Å²) < 4.78 is 8.01. The third-order valence-electron chi connectivity index (χ3n) is 4.14. The van der Waals surface area contributed by atoms with Gasteiger partial charge in [-0.2, -0.15) is 0 Å². The smallest absolute Gasteiger partial charge is 0.191 e. The van der Waals surface area contributed by atoms with Crippen LogP contribution in [-0.4, -0.2) is 14.8 Å². The molecule has 0 spiro atoms. The molecule has 0 fully saturated rings. The lowest BCUT2D eigenvalue weighted by Gasteiger charge is -2.11. The summed E-state index contributed by atoms with van der Waals surface area (Å²) in [5.41, 5.74) is 3.16. The molecule has 27 heavy (non-hydrogen) atoms. The fourth-order valence-corrected chi connectivity index (χ4v) is 4.05. The van der Waals surface area contributed by atoms with Crippen LogP contribution in [0.5, 0.6) is 5.75 Å².